The molecular weight excluding hydrogens is 364 g/mol. The van der Waals surface area contributed by atoms with Gasteiger partial charge in [0.2, 0.25) is 10.0 Å². The Morgan fingerprint density at radius 3 is 2.50 bits per heavy atom. The smallest absolute Gasteiger partial charge is 0.236 e. The zero-order valence-electron chi connectivity index (χ0n) is 11.5. The average Bonchev–Trinajstić information content (AvgIpc) is 2.49. The van der Waals surface area contributed by atoms with E-state index in [0.29, 0.717) is 11.2 Å². The number of rotatable bonds is 4. The van der Waals surface area contributed by atoms with E-state index >= 15 is 0 Å². The summed E-state index contributed by atoms with van der Waals surface area (Å²) in [5, 5.41) is 0.895. The maximum atomic E-state index is 12.3. The fraction of sp³-hybridized carbons (Fsp3) is 0.0625. The average molecular weight is 377 g/mol. The molecule has 0 bridgehead atoms. The van der Waals surface area contributed by atoms with E-state index < -0.39 is 10.0 Å². The molecule has 1 heterocycles. The summed E-state index contributed by atoms with van der Waals surface area (Å²) in [5.74, 6) is -0.0799. The fourth-order valence-corrected chi connectivity index (χ4v) is 3.66. The highest BCUT2D eigenvalue weighted by molar-refractivity contribution is 9.10. The van der Waals surface area contributed by atoms with Gasteiger partial charge in [0.15, 0.2) is 0 Å². The highest BCUT2D eigenvalue weighted by Crippen LogP contribution is 2.22. The molecule has 2 aromatic carbocycles. The highest BCUT2D eigenvalue weighted by Gasteiger charge is 2.13. The number of sulfonamides is 1. The Hall–Kier alpha value is -1.92. The number of benzene rings is 2. The van der Waals surface area contributed by atoms with Gasteiger partial charge < -0.3 is 0 Å². The minimum Gasteiger partial charge on any atom is -0.281 e. The second kappa shape index (κ2) is 6.06. The SMILES string of the molecule is O=S(=O)(Cc1ccc(Br)cc1)Nc1cccc2cccnc12. The van der Waals surface area contributed by atoms with Gasteiger partial charge in [-0.1, -0.05) is 46.3 Å². The van der Waals surface area contributed by atoms with Gasteiger partial charge in [0.1, 0.15) is 0 Å². The monoisotopic (exact) mass is 376 g/mol. The van der Waals surface area contributed by atoms with Crippen molar-refractivity contribution in [1.29, 1.82) is 0 Å². The third-order valence-electron chi connectivity index (χ3n) is 3.17. The molecule has 3 rings (SSSR count). The van der Waals surface area contributed by atoms with E-state index in [0.717, 1.165) is 15.4 Å². The summed E-state index contributed by atoms with van der Waals surface area (Å²) in [4.78, 5) is 4.25. The first-order chi connectivity index (χ1) is 10.5. The van der Waals surface area contributed by atoms with Gasteiger partial charge in [-0.15, -0.1) is 0 Å². The molecule has 1 aromatic heterocycles. The number of pyridine rings is 1. The van der Waals surface area contributed by atoms with Crippen LogP contribution in [0.4, 0.5) is 5.69 Å². The standard InChI is InChI=1S/C16H13BrN2O2S/c17-14-8-6-12(7-9-14)11-22(20,21)19-15-5-1-3-13-4-2-10-18-16(13)15/h1-10,19H,11H2. The number of aromatic nitrogens is 1. The molecule has 0 saturated heterocycles. The Balaban J connectivity index is 1.88. The number of hydrogen-bond acceptors (Lipinski definition) is 3. The van der Waals surface area contributed by atoms with Crippen LogP contribution >= 0.6 is 15.9 Å². The van der Waals surface area contributed by atoms with E-state index in [9.17, 15) is 8.42 Å². The molecule has 0 spiro atoms. The molecule has 3 aromatic rings. The number of fused-ring (bicyclic) bond motifs is 1. The summed E-state index contributed by atoms with van der Waals surface area (Å²) in [6.45, 7) is 0. The third kappa shape index (κ3) is 3.45. The lowest BCUT2D eigenvalue weighted by molar-refractivity contribution is 0.600. The molecule has 0 aliphatic carbocycles. The number of hydrogen-bond donors (Lipinski definition) is 1. The molecule has 6 heteroatoms. The van der Waals surface area contributed by atoms with Crippen molar-refractivity contribution in [3.05, 3.63) is 70.8 Å². The maximum Gasteiger partial charge on any atom is 0.236 e. The Bertz CT molecular complexity index is 904. The summed E-state index contributed by atoms with van der Waals surface area (Å²) < 4.78 is 28.2. The molecule has 0 atom stereocenters. The number of nitrogens with one attached hydrogen (secondary N) is 1. The number of para-hydroxylation sites is 1. The number of anilines is 1. The van der Waals surface area contributed by atoms with Crippen LogP contribution in [0.5, 0.6) is 0 Å². The molecule has 0 aliphatic rings. The molecule has 0 aliphatic heterocycles. The fourth-order valence-electron chi connectivity index (χ4n) is 2.19. The largest absolute Gasteiger partial charge is 0.281 e. The quantitative estimate of drug-likeness (QED) is 0.749. The van der Waals surface area contributed by atoms with Crippen LogP contribution in [-0.4, -0.2) is 13.4 Å². The summed E-state index contributed by atoms with van der Waals surface area (Å²) >= 11 is 3.33. The first-order valence-electron chi connectivity index (χ1n) is 6.62. The topological polar surface area (TPSA) is 59.1 Å². The number of halogens is 1. The van der Waals surface area contributed by atoms with Crippen molar-refractivity contribution in [3.8, 4) is 0 Å². The molecule has 0 radical (unpaired) electrons. The molecular formula is C16H13BrN2O2S. The van der Waals surface area contributed by atoms with Crippen LogP contribution in [0.2, 0.25) is 0 Å². The lowest BCUT2D eigenvalue weighted by Crippen LogP contribution is -2.15. The molecule has 112 valence electrons. The van der Waals surface area contributed by atoms with Gasteiger partial charge in [-0.3, -0.25) is 9.71 Å². The van der Waals surface area contributed by atoms with Crippen LogP contribution in [0.3, 0.4) is 0 Å². The normalized spacial score (nSPS) is 11.5. The van der Waals surface area contributed by atoms with Gasteiger partial charge in [-0.2, -0.15) is 0 Å². The molecule has 0 saturated carbocycles. The maximum absolute atomic E-state index is 12.3. The first-order valence-corrected chi connectivity index (χ1v) is 9.07. The zero-order valence-corrected chi connectivity index (χ0v) is 13.9. The van der Waals surface area contributed by atoms with E-state index in [-0.39, 0.29) is 5.75 Å². The van der Waals surface area contributed by atoms with Crippen LogP contribution in [0.25, 0.3) is 10.9 Å². The Morgan fingerprint density at radius 1 is 1.00 bits per heavy atom. The molecule has 0 fully saturated rings. The van der Waals surface area contributed by atoms with Crippen LogP contribution < -0.4 is 4.72 Å². The summed E-state index contributed by atoms with van der Waals surface area (Å²) in [5.41, 5.74) is 1.86. The van der Waals surface area contributed by atoms with Crippen LogP contribution in [0, 0.1) is 0 Å². The summed E-state index contributed by atoms with van der Waals surface area (Å²) in [6.07, 6.45) is 1.65. The molecule has 0 amide bonds. The van der Waals surface area contributed by atoms with Crippen molar-refractivity contribution in [2.45, 2.75) is 5.75 Å². The van der Waals surface area contributed by atoms with Crippen LogP contribution in [0.15, 0.2) is 65.3 Å². The zero-order chi connectivity index (χ0) is 15.6. The van der Waals surface area contributed by atoms with Gasteiger partial charge in [0, 0.05) is 16.1 Å². The minimum absolute atomic E-state index is 0.0799. The summed E-state index contributed by atoms with van der Waals surface area (Å²) in [7, 11) is -3.50. The summed E-state index contributed by atoms with van der Waals surface area (Å²) in [6, 6.07) is 16.4. The number of nitrogens with zero attached hydrogens (tertiary/aromatic N) is 1. The third-order valence-corrected chi connectivity index (χ3v) is 4.94. The van der Waals surface area contributed by atoms with Gasteiger partial charge in [0.05, 0.1) is 17.0 Å². The van der Waals surface area contributed by atoms with Gasteiger partial charge in [-0.25, -0.2) is 8.42 Å². The van der Waals surface area contributed by atoms with E-state index in [4.69, 9.17) is 0 Å². The highest BCUT2D eigenvalue weighted by atomic mass is 79.9. The van der Waals surface area contributed by atoms with E-state index in [1.807, 2.05) is 36.4 Å². The van der Waals surface area contributed by atoms with E-state index in [1.165, 1.54) is 0 Å². The van der Waals surface area contributed by atoms with Crippen molar-refractivity contribution in [3.63, 3.8) is 0 Å². The predicted molar refractivity (Wildman–Crippen MR) is 92.1 cm³/mol. The Labute approximate surface area is 137 Å². The lowest BCUT2D eigenvalue weighted by atomic mass is 10.2. The van der Waals surface area contributed by atoms with Crippen LogP contribution in [0.1, 0.15) is 5.56 Å². The predicted octanol–water partition coefficient (Wildman–Crippen LogP) is 3.94. The van der Waals surface area contributed by atoms with Crippen molar-refractivity contribution < 1.29 is 8.42 Å². The van der Waals surface area contributed by atoms with Gasteiger partial charge >= 0.3 is 0 Å². The van der Waals surface area contributed by atoms with Crippen molar-refractivity contribution in [2.75, 3.05) is 4.72 Å². The van der Waals surface area contributed by atoms with E-state index in [2.05, 4.69) is 25.6 Å². The minimum atomic E-state index is -3.50. The second-order valence-corrected chi connectivity index (χ2v) is 7.51. The second-order valence-electron chi connectivity index (χ2n) is 4.87. The van der Waals surface area contributed by atoms with E-state index in [1.54, 1.807) is 24.4 Å². The van der Waals surface area contributed by atoms with Crippen molar-refractivity contribution in [1.82, 2.24) is 4.98 Å². The van der Waals surface area contributed by atoms with Crippen molar-refractivity contribution in [2.24, 2.45) is 0 Å². The lowest BCUT2D eigenvalue weighted by Gasteiger charge is -2.10. The molecule has 1 N–H and O–H groups in total. The molecule has 4 nitrogen and oxygen atoms in total. The van der Waals surface area contributed by atoms with Crippen molar-refractivity contribution >= 4 is 42.5 Å². The first kappa shape index (κ1) is 15.0. The van der Waals surface area contributed by atoms with Gasteiger partial charge in [-0.05, 0) is 29.8 Å². The molecule has 22 heavy (non-hydrogen) atoms. The Kier molecular flexibility index (Phi) is 4.13. The van der Waals surface area contributed by atoms with Gasteiger partial charge in [0.25, 0.3) is 0 Å². The Morgan fingerprint density at radius 2 is 1.73 bits per heavy atom. The van der Waals surface area contributed by atoms with Crippen LogP contribution in [-0.2, 0) is 15.8 Å². The molecule has 0 unspecified atom stereocenters.